The molecule has 1 N–H and O–H groups in total. The number of benzene rings is 1. The molecule has 4 atom stereocenters. The Morgan fingerprint density at radius 2 is 2.06 bits per heavy atom. The predicted octanol–water partition coefficient (Wildman–Crippen LogP) is 1.52. The van der Waals surface area contributed by atoms with Crippen molar-refractivity contribution in [3.63, 3.8) is 0 Å². The van der Waals surface area contributed by atoms with Crippen LogP contribution in [-0.2, 0) is 6.42 Å². The molecule has 4 unspecified atom stereocenters. The summed E-state index contributed by atoms with van der Waals surface area (Å²) in [5.41, 5.74) is 1.47. The first-order valence-electron chi connectivity index (χ1n) is 6.91. The van der Waals surface area contributed by atoms with Gasteiger partial charge in [0.15, 0.2) is 0 Å². The predicted molar refractivity (Wildman–Crippen MR) is 68.9 cm³/mol. The fraction of sp³-hybridized carbons (Fsp3) is 0.600. The molecule has 17 heavy (non-hydrogen) atoms. The maximum absolute atomic E-state index is 3.75. The minimum absolute atomic E-state index is 0.658. The van der Waals surface area contributed by atoms with E-state index < -0.39 is 0 Å². The quantitative estimate of drug-likeness (QED) is 0.825. The molecule has 1 aromatic carbocycles. The van der Waals surface area contributed by atoms with Crippen LogP contribution >= 0.6 is 0 Å². The number of piperazine rings is 1. The van der Waals surface area contributed by atoms with Crippen molar-refractivity contribution < 1.29 is 0 Å². The molecule has 2 heterocycles. The molecule has 3 fully saturated rings. The summed E-state index contributed by atoms with van der Waals surface area (Å²) in [4.78, 5) is 2.74. The Labute approximate surface area is 103 Å². The Balaban J connectivity index is 1.41. The van der Waals surface area contributed by atoms with Crippen LogP contribution in [0.25, 0.3) is 0 Å². The molecule has 3 aliphatic rings. The van der Waals surface area contributed by atoms with Gasteiger partial charge in [-0.2, -0.15) is 0 Å². The van der Waals surface area contributed by atoms with E-state index in [4.69, 9.17) is 0 Å². The summed E-state index contributed by atoms with van der Waals surface area (Å²) in [5.74, 6) is 2.09. The van der Waals surface area contributed by atoms with Gasteiger partial charge in [0.1, 0.15) is 0 Å². The summed E-state index contributed by atoms with van der Waals surface area (Å²) in [6.07, 6.45) is 2.69. The average Bonchev–Trinajstić information content (AvgIpc) is 3.03. The summed E-state index contributed by atoms with van der Waals surface area (Å²) in [5, 5.41) is 3.75. The number of piperidine rings is 1. The van der Waals surface area contributed by atoms with Crippen LogP contribution < -0.4 is 5.32 Å². The van der Waals surface area contributed by atoms with E-state index in [9.17, 15) is 0 Å². The van der Waals surface area contributed by atoms with Gasteiger partial charge in [-0.3, -0.25) is 4.90 Å². The van der Waals surface area contributed by atoms with Gasteiger partial charge in [-0.15, -0.1) is 0 Å². The molecule has 2 saturated heterocycles. The summed E-state index contributed by atoms with van der Waals surface area (Å²) in [6.45, 7) is 3.85. The Bertz CT molecular complexity index is 403. The third-order valence-corrected chi connectivity index (χ3v) is 4.81. The van der Waals surface area contributed by atoms with Crippen molar-refractivity contribution in [3.05, 3.63) is 35.9 Å². The first-order valence-corrected chi connectivity index (χ1v) is 6.91. The molecule has 1 aliphatic carbocycles. The lowest BCUT2D eigenvalue weighted by atomic mass is 10.0. The molecule has 0 spiro atoms. The van der Waals surface area contributed by atoms with Crippen LogP contribution in [0.4, 0.5) is 0 Å². The van der Waals surface area contributed by atoms with Crippen LogP contribution in [0, 0.1) is 11.8 Å². The third-order valence-electron chi connectivity index (χ3n) is 4.81. The molecule has 0 bridgehead atoms. The zero-order chi connectivity index (χ0) is 11.2. The molecule has 2 heteroatoms. The molecule has 1 aromatic rings. The van der Waals surface area contributed by atoms with Gasteiger partial charge in [-0.05, 0) is 30.2 Å². The van der Waals surface area contributed by atoms with Gasteiger partial charge in [0.05, 0.1) is 0 Å². The number of fused-ring (bicyclic) bond motifs is 3. The zero-order valence-corrected chi connectivity index (χ0v) is 10.2. The van der Waals surface area contributed by atoms with Crippen LogP contribution in [-0.4, -0.2) is 36.6 Å². The SMILES string of the molecule is c1ccc(CC2CN3CC4CC4C3CN2)cc1. The van der Waals surface area contributed by atoms with E-state index in [-0.39, 0.29) is 0 Å². The maximum Gasteiger partial charge on any atom is 0.0252 e. The second-order valence-corrected chi connectivity index (χ2v) is 5.98. The molecule has 0 radical (unpaired) electrons. The second kappa shape index (κ2) is 3.82. The van der Waals surface area contributed by atoms with Crippen molar-refractivity contribution in [2.45, 2.75) is 24.9 Å². The van der Waals surface area contributed by atoms with Gasteiger partial charge in [-0.25, -0.2) is 0 Å². The van der Waals surface area contributed by atoms with Gasteiger partial charge in [0, 0.05) is 31.7 Å². The lowest BCUT2D eigenvalue weighted by Gasteiger charge is -2.38. The number of hydrogen-bond acceptors (Lipinski definition) is 2. The van der Waals surface area contributed by atoms with Crippen molar-refractivity contribution in [3.8, 4) is 0 Å². The van der Waals surface area contributed by atoms with Crippen molar-refractivity contribution in [2.75, 3.05) is 19.6 Å². The van der Waals surface area contributed by atoms with E-state index in [0.29, 0.717) is 6.04 Å². The molecule has 2 aliphatic heterocycles. The number of nitrogens with zero attached hydrogens (tertiary/aromatic N) is 1. The molecule has 4 rings (SSSR count). The summed E-state index contributed by atoms with van der Waals surface area (Å²) in [6, 6.07) is 12.4. The van der Waals surface area contributed by atoms with E-state index in [2.05, 4.69) is 40.5 Å². The van der Waals surface area contributed by atoms with Crippen LogP contribution in [0.5, 0.6) is 0 Å². The molecular formula is C15H20N2. The van der Waals surface area contributed by atoms with Crippen LogP contribution in [0.1, 0.15) is 12.0 Å². The number of nitrogens with one attached hydrogen (secondary N) is 1. The van der Waals surface area contributed by atoms with Crippen molar-refractivity contribution in [1.29, 1.82) is 0 Å². The Kier molecular flexibility index (Phi) is 2.27. The van der Waals surface area contributed by atoms with Gasteiger partial charge >= 0.3 is 0 Å². The summed E-state index contributed by atoms with van der Waals surface area (Å²) >= 11 is 0. The molecular weight excluding hydrogens is 208 g/mol. The highest BCUT2D eigenvalue weighted by atomic mass is 15.3. The fourth-order valence-corrected chi connectivity index (χ4v) is 3.82. The lowest BCUT2D eigenvalue weighted by Crippen LogP contribution is -2.56. The van der Waals surface area contributed by atoms with Gasteiger partial charge < -0.3 is 5.32 Å². The minimum Gasteiger partial charge on any atom is -0.311 e. The molecule has 2 nitrogen and oxygen atoms in total. The van der Waals surface area contributed by atoms with Crippen LogP contribution in [0.15, 0.2) is 30.3 Å². The molecule has 1 saturated carbocycles. The first kappa shape index (κ1) is 10.1. The average molecular weight is 228 g/mol. The highest BCUT2D eigenvalue weighted by Crippen LogP contribution is 2.49. The third kappa shape index (κ3) is 1.80. The van der Waals surface area contributed by atoms with Gasteiger partial charge in [0.2, 0.25) is 0 Å². The van der Waals surface area contributed by atoms with E-state index in [1.165, 1.54) is 38.0 Å². The second-order valence-electron chi connectivity index (χ2n) is 5.98. The minimum atomic E-state index is 0.658. The number of hydrogen-bond donors (Lipinski definition) is 1. The highest BCUT2D eigenvalue weighted by molar-refractivity contribution is 5.17. The Morgan fingerprint density at radius 1 is 1.18 bits per heavy atom. The Hall–Kier alpha value is -0.860. The zero-order valence-electron chi connectivity index (χ0n) is 10.2. The lowest BCUT2D eigenvalue weighted by molar-refractivity contribution is 0.148. The van der Waals surface area contributed by atoms with E-state index >= 15 is 0 Å². The normalized spacial score (nSPS) is 39.8. The Morgan fingerprint density at radius 3 is 2.94 bits per heavy atom. The van der Waals surface area contributed by atoms with E-state index in [1.807, 2.05) is 0 Å². The summed E-state index contributed by atoms with van der Waals surface area (Å²) in [7, 11) is 0. The van der Waals surface area contributed by atoms with E-state index in [0.717, 1.165) is 17.9 Å². The van der Waals surface area contributed by atoms with Gasteiger partial charge in [0.25, 0.3) is 0 Å². The van der Waals surface area contributed by atoms with Crippen LogP contribution in [0.2, 0.25) is 0 Å². The van der Waals surface area contributed by atoms with Crippen molar-refractivity contribution in [1.82, 2.24) is 10.2 Å². The summed E-state index contributed by atoms with van der Waals surface area (Å²) < 4.78 is 0. The first-order chi connectivity index (χ1) is 8.40. The fourth-order valence-electron chi connectivity index (χ4n) is 3.82. The molecule has 90 valence electrons. The topological polar surface area (TPSA) is 15.3 Å². The smallest absolute Gasteiger partial charge is 0.0252 e. The van der Waals surface area contributed by atoms with Crippen molar-refractivity contribution in [2.24, 2.45) is 11.8 Å². The molecule has 0 aromatic heterocycles. The monoisotopic (exact) mass is 228 g/mol. The number of rotatable bonds is 2. The van der Waals surface area contributed by atoms with E-state index in [1.54, 1.807) is 0 Å². The maximum atomic E-state index is 3.75. The highest BCUT2D eigenvalue weighted by Gasteiger charge is 2.53. The largest absolute Gasteiger partial charge is 0.311 e. The standard InChI is InChI=1S/C15H20N2/c1-2-4-11(5-3-1)6-13-10-17-9-12-7-14(12)15(17)8-16-13/h1-5,12-16H,6-10H2. The van der Waals surface area contributed by atoms with Gasteiger partial charge in [-0.1, -0.05) is 30.3 Å². The van der Waals surface area contributed by atoms with Crippen molar-refractivity contribution >= 4 is 0 Å². The molecule has 0 amide bonds. The van der Waals surface area contributed by atoms with Crippen LogP contribution in [0.3, 0.4) is 0 Å².